The van der Waals surface area contributed by atoms with Crippen LogP contribution in [0.3, 0.4) is 0 Å². The topological polar surface area (TPSA) is 88.7 Å². The predicted octanol–water partition coefficient (Wildman–Crippen LogP) is 3.87. The number of guanidine groups is 1. The number of nitrogens with one attached hydrogen (secondary N) is 2. The second-order valence-corrected chi connectivity index (χ2v) is 6.50. The van der Waals surface area contributed by atoms with Gasteiger partial charge in [0.25, 0.3) is 5.91 Å². The van der Waals surface area contributed by atoms with Crippen LogP contribution in [0.25, 0.3) is 0 Å². The van der Waals surface area contributed by atoms with Crippen LogP contribution in [0.1, 0.15) is 37.8 Å². The maximum Gasteiger partial charge on any atom is 0.257 e. The number of rotatable bonds is 8. The SMILES string of the molecule is CCNC(=O)COc1cccc(CN=C(N)Nc2cccc(C(C)C)c2)c1.I. The number of hydrogen-bond acceptors (Lipinski definition) is 3. The summed E-state index contributed by atoms with van der Waals surface area (Å²) in [6, 6.07) is 15.6. The lowest BCUT2D eigenvalue weighted by Crippen LogP contribution is -2.28. The summed E-state index contributed by atoms with van der Waals surface area (Å²) in [4.78, 5) is 15.9. The number of carbonyl (C=O) groups is 1. The molecule has 0 spiro atoms. The summed E-state index contributed by atoms with van der Waals surface area (Å²) in [5.41, 5.74) is 9.11. The summed E-state index contributed by atoms with van der Waals surface area (Å²) in [5.74, 6) is 1.29. The van der Waals surface area contributed by atoms with Crippen molar-refractivity contribution >= 4 is 41.5 Å². The van der Waals surface area contributed by atoms with Gasteiger partial charge in [0.05, 0.1) is 6.54 Å². The number of halogens is 1. The van der Waals surface area contributed by atoms with Gasteiger partial charge in [-0.05, 0) is 48.2 Å². The third-order valence-corrected chi connectivity index (χ3v) is 3.90. The minimum absolute atomic E-state index is 0. The first-order chi connectivity index (χ1) is 13.0. The van der Waals surface area contributed by atoms with Gasteiger partial charge in [-0.1, -0.05) is 38.1 Å². The molecule has 152 valence electrons. The maximum atomic E-state index is 11.5. The summed E-state index contributed by atoms with van der Waals surface area (Å²) >= 11 is 0. The average molecular weight is 496 g/mol. The van der Waals surface area contributed by atoms with Crippen molar-refractivity contribution in [1.82, 2.24) is 5.32 Å². The van der Waals surface area contributed by atoms with Gasteiger partial charge in [0.1, 0.15) is 5.75 Å². The van der Waals surface area contributed by atoms with Crippen molar-refractivity contribution < 1.29 is 9.53 Å². The van der Waals surface area contributed by atoms with Crippen molar-refractivity contribution in [3.05, 3.63) is 59.7 Å². The number of ether oxygens (including phenoxy) is 1. The molecule has 0 fully saturated rings. The Morgan fingerprint density at radius 1 is 1.18 bits per heavy atom. The fraction of sp³-hybridized carbons (Fsp3) is 0.333. The van der Waals surface area contributed by atoms with Crippen LogP contribution in [0.2, 0.25) is 0 Å². The van der Waals surface area contributed by atoms with Gasteiger partial charge in [-0.2, -0.15) is 0 Å². The second kappa shape index (κ2) is 12.2. The summed E-state index contributed by atoms with van der Waals surface area (Å²) < 4.78 is 5.49. The molecule has 4 N–H and O–H groups in total. The van der Waals surface area contributed by atoms with Crippen LogP contribution in [0.15, 0.2) is 53.5 Å². The number of carbonyl (C=O) groups excluding carboxylic acids is 1. The zero-order valence-corrected chi connectivity index (χ0v) is 18.9. The largest absolute Gasteiger partial charge is 0.484 e. The van der Waals surface area contributed by atoms with E-state index in [1.165, 1.54) is 5.56 Å². The first-order valence-electron chi connectivity index (χ1n) is 9.13. The number of anilines is 1. The van der Waals surface area contributed by atoms with Crippen molar-refractivity contribution in [2.24, 2.45) is 10.7 Å². The molecule has 6 nitrogen and oxygen atoms in total. The summed E-state index contributed by atoms with van der Waals surface area (Å²) in [6.07, 6.45) is 0. The summed E-state index contributed by atoms with van der Waals surface area (Å²) in [6.45, 7) is 7.17. The molecule has 0 aliphatic heterocycles. The smallest absolute Gasteiger partial charge is 0.257 e. The molecule has 0 aliphatic carbocycles. The summed E-state index contributed by atoms with van der Waals surface area (Å²) in [5, 5.41) is 5.81. The molecule has 0 aromatic heterocycles. The van der Waals surface area contributed by atoms with E-state index in [-0.39, 0.29) is 36.5 Å². The first kappa shape index (κ1) is 23.7. The standard InChI is InChI=1S/C21H28N4O2.HI/c1-4-23-20(26)14-27-19-10-5-7-16(11-19)13-24-21(22)25-18-9-6-8-17(12-18)15(2)3;/h5-12,15H,4,13-14H2,1-3H3,(H,23,26)(H3,22,24,25);1H. The Balaban J connectivity index is 0.00000392. The number of benzene rings is 2. The van der Waals surface area contributed by atoms with Gasteiger partial charge in [-0.15, -0.1) is 24.0 Å². The Labute approximate surface area is 184 Å². The predicted molar refractivity (Wildman–Crippen MR) is 126 cm³/mol. The lowest BCUT2D eigenvalue weighted by molar-refractivity contribution is -0.122. The molecule has 0 aliphatic rings. The Morgan fingerprint density at radius 3 is 2.64 bits per heavy atom. The zero-order chi connectivity index (χ0) is 19.6. The molecule has 2 aromatic carbocycles. The van der Waals surface area contributed by atoms with E-state index in [0.29, 0.717) is 30.7 Å². The van der Waals surface area contributed by atoms with Crippen LogP contribution in [-0.4, -0.2) is 25.0 Å². The van der Waals surface area contributed by atoms with E-state index in [2.05, 4.69) is 41.6 Å². The van der Waals surface area contributed by atoms with E-state index in [1.807, 2.05) is 43.3 Å². The average Bonchev–Trinajstić information content (AvgIpc) is 2.65. The highest BCUT2D eigenvalue weighted by molar-refractivity contribution is 14.0. The molecule has 0 bridgehead atoms. The van der Waals surface area contributed by atoms with E-state index >= 15 is 0 Å². The molecule has 7 heteroatoms. The minimum Gasteiger partial charge on any atom is -0.484 e. The molecule has 0 radical (unpaired) electrons. The third kappa shape index (κ3) is 8.16. The van der Waals surface area contributed by atoms with E-state index < -0.39 is 0 Å². The number of nitrogens with two attached hydrogens (primary N) is 1. The quantitative estimate of drug-likeness (QED) is 0.294. The van der Waals surface area contributed by atoms with Crippen LogP contribution in [-0.2, 0) is 11.3 Å². The fourth-order valence-corrected chi connectivity index (χ4v) is 2.47. The van der Waals surface area contributed by atoms with Crippen molar-refractivity contribution in [2.75, 3.05) is 18.5 Å². The van der Waals surface area contributed by atoms with Crippen LogP contribution < -0.4 is 21.1 Å². The van der Waals surface area contributed by atoms with Gasteiger partial charge in [-0.3, -0.25) is 4.79 Å². The molecular weight excluding hydrogens is 467 g/mol. The summed E-state index contributed by atoms with van der Waals surface area (Å²) in [7, 11) is 0. The molecule has 2 aromatic rings. The highest BCUT2D eigenvalue weighted by atomic mass is 127. The monoisotopic (exact) mass is 496 g/mol. The van der Waals surface area contributed by atoms with Crippen molar-refractivity contribution in [3.8, 4) is 5.75 Å². The molecule has 0 saturated carbocycles. The Bertz CT molecular complexity index is 793. The molecule has 0 unspecified atom stereocenters. The van der Waals surface area contributed by atoms with Gasteiger partial charge in [0, 0.05) is 12.2 Å². The van der Waals surface area contributed by atoms with Crippen LogP contribution in [0, 0.1) is 0 Å². The molecular formula is C21H29IN4O2. The number of amides is 1. The lowest BCUT2D eigenvalue weighted by atomic mass is 10.0. The van der Waals surface area contributed by atoms with E-state index in [1.54, 1.807) is 0 Å². The van der Waals surface area contributed by atoms with Gasteiger partial charge in [-0.25, -0.2) is 4.99 Å². The zero-order valence-electron chi connectivity index (χ0n) is 16.6. The molecule has 1 amide bonds. The van der Waals surface area contributed by atoms with E-state index in [9.17, 15) is 4.79 Å². The van der Waals surface area contributed by atoms with Crippen molar-refractivity contribution in [2.45, 2.75) is 33.2 Å². The van der Waals surface area contributed by atoms with Gasteiger partial charge >= 0.3 is 0 Å². The van der Waals surface area contributed by atoms with Gasteiger partial charge in [0.15, 0.2) is 12.6 Å². The Hall–Kier alpha value is -2.29. The molecule has 0 saturated heterocycles. The number of hydrogen-bond donors (Lipinski definition) is 3. The van der Waals surface area contributed by atoms with E-state index in [0.717, 1.165) is 11.3 Å². The highest BCUT2D eigenvalue weighted by Gasteiger charge is 2.03. The van der Waals surface area contributed by atoms with Crippen molar-refractivity contribution in [3.63, 3.8) is 0 Å². The Kier molecular flexibility index (Phi) is 10.4. The second-order valence-electron chi connectivity index (χ2n) is 6.50. The molecule has 0 atom stereocenters. The third-order valence-electron chi connectivity index (χ3n) is 3.90. The van der Waals surface area contributed by atoms with Crippen LogP contribution >= 0.6 is 24.0 Å². The normalized spacial score (nSPS) is 10.9. The number of likely N-dealkylation sites (N-methyl/N-ethyl adjacent to an activating group) is 1. The number of nitrogens with zero attached hydrogens (tertiary/aromatic N) is 1. The maximum absolute atomic E-state index is 11.5. The molecule has 2 rings (SSSR count). The Morgan fingerprint density at radius 2 is 1.93 bits per heavy atom. The van der Waals surface area contributed by atoms with Crippen LogP contribution in [0.4, 0.5) is 5.69 Å². The van der Waals surface area contributed by atoms with Crippen molar-refractivity contribution in [1.29, 1.82) is 0 Å². The lowest BCUT2D eigenvalue weighted by Gasteiger charge is -2.10. The van der Waals surface area contributed by atoms with Gasteiger partial charge < -0.3 is 21.1 Å². The number of aliphatic imine (C=N–C) groups is 1. The molecule has 0 heterocycles. The van der Waals surface area contributed by atoms with Crippen LogP contribution in [0.5, 0.6) is 5.75 Å². The fourth-order valence-electron chi connectivity index (χ4n) is 2.47. The molecule has 28 heavy (non-hydrogen) atoms. The first-order valence-corrected chi connectivity index (χ1v) is 9.13. The minimum atomic E-state index is -0.141. The highest BCUT2D eigenvalue weighted by Crippen LogP contribution is 2.18. The van der Waals surface area contributed by atoms with Gasteiger partial charge in [0.2, 0.25) is 0 Å². The van der Waals surface area contributed by atoms with E-state index in [4.69, 9.17) is 10.5 Å².